The predicted molar refractivity (Wildman–Crippen MR) is 59.1 cm³/mol. The molecule has 0 aliphatic heterocycles. The minimum absolute atomic E-state index is 0.888. The standard InChI is InChI=1S/C12H14N2/c13-12-6-2-1-4-10(12)7-8-11-5-3-9-14-11/h1-6,9,14H,7-8,13H2. The van der Waals surface area contributed by atoms with Crippen molar-refractivity contribution >= 4 is 5.69 Å². The Kier molecular flexibility index (Phi) is 2.54. The molecule has 0 bridgehead atoms. The van der Waals surface area contributed by atoms with Crippen LogP contribution >= 0.6 is 0 Å². The molecule has 0 unspecified atom stereocenters. The molecule has 0 atom stereocenters. The Labute approximate surface area is 83.8 Å². The number of hydrogen-bond acceptors (Lipinski definition) is 1. The third kappa shape index (κ3) is 1.96. The van der Waals surface area contributed by atoms with Crippen LogP contribution in [0.4, 0.5) is 5.69 Å². The summed E-state index contributed by atoms with van der Waals surface area (Å²) in [6, 6.07) is 12.1. The van der Waals surface area contributed by atoms with Crippen LogP contribution in [-0.4, -0.2) is 4.98 Å². The molecular formula is C12H14N2. The highest BCUT2D eigenvalue weighted by Crippen LogP contribution is 2.13. The Hall–Kier alpha value is -1.70. The van der Waals surface area contributed by atoms with Gasteiger partial charge in [-0.15, -0.1) is 0 Å². The van der Waals surface area contributed by atoms with E-state index in [0.29, 0.717) is 0 Å². The van der Waals surface area contributed by atoms with E-state index < -0.39 is 0 Å². The van der Waals surface area contributed by atoms with Crippen molar-refractivity contribution in [1.82, 2.24) is 4.98 Å². The van der Waals surface area contributed by atoms with Crippen molar-refractivity contribution in [2.45, 2.75) is 12.8 Å². The summed E-state index contributed by atoms with van der Waals surface area (Å²) in [5, 5.41) is 0. The van der Waals surface area contributed by atoms with Gasteiger partial charge in [-0.25, -0.2) is 0 Å². The highest BCUT2D eigenvalue weighted by Gasteiger charge is 1.98. The van der Waals surface area contributed by atoms with Crippen LogP contribution in [-0.2, 0) is 12.8 Å². The molecule has 0 spiro atoms. The number of nitrogen functional groups attached to an aromatic ring is 1. The van der Waals surface area contributed by atoms with Gasteiger partial charge in [-0.2, -0.15) is 0 Å². The number of nitrogens with one attached hydrogen (secondary N) is 1. The monoisotopic (exact) mass is 186 g/mol. The third-order valence-corrected chi connectivity index (χ3v) is 2.38. The van der Waals surface area contributed by atoms with Gasteiger partial charge in [-0.05, 0) is 36.6 Å². The number of aromatic amines is 1. The maximum atomic E-state index is 5.85. The van der Waals surface area contributed by atoms with Crippen LogP contribution < -0.4 is 5.73 Å². The van der Waals surface area contributed by atoms with Crippen LogP contribution in [0.5, 0.6) is 0 Å². The Morgan fingerprint density at radius 3 is 2.57 bits per heavy atom. The predicted octanol–water partition coefficient (Wildman–Crippen LogP) is 2.38. The second-order valence-electron chi connectivity index (χ2n) is 3.39. The molecule has 2 aromatic rings. The van der Waals surface area contributed by atoms with E-state index >= 15 is 0 Å². The first kappa shape index (κ1) is 8.88. The van der Waals surface area contributed by atoms with Crippen LogP contribution in [0.2, 0.25) is 0 Å². The van der Waals surface area contributed by atoms with Crippen molar-refractivity contribution in [1.29, 1.82) is 0 Å². The van der Waals surface area contributed by atoms with Crippen molar-refractivity contribution in [3.05, 3.63) is 53.9 Å². The van der Waals surface area contributed by atoms with Gasteiger partial charge in [0.25, 0.3) is 0 Å². The fourth-order valence-electron chi connectivity index (χ4n) is 1.55. The minimum atomic E-state index is 0.888. The lowest BCUT2D eigenvalue weighted by atomic mass is 10.1. The number of rotatable bonds is 3. The number of anilines is 1. The zero-order valence-corrected chi connectivity index (χ0v) is 8.03. The maximum absolute atomic E-state index is 5.85. The third-order valence-electron chi connectivity index (χ3n) is 2.38. The molecule has 2 rings (SSSR count). The molecule has 1 aromatic heterocycles. The van der Waals surface area contributed by atoms with Crippen molar-refractivity contribution in [2.24, 2.45) is 0 Å². The highest BCUT2D eigenvalue weighted by molar-refractivity contribution is 5.46. The van der Waals surface area contributed by atoms with Gasteiger partial charge < -0.3 is 10.7 Å². The quantitative estimate of drug-likeness (QED) is 0.710. The molecule has 0 fully saturated rings. The van der Waals surface area contributed by atoms with Crippen molar-refractivity contribution in [3.8, 4) is 0 Å². The summed E-state index contributed by atoms with van der Waals surface area (Å²) >= 11 is 0. The molecule has 72 valence electrons. The number of aryl methyl sites for hydroxylation is 2. The van der Waals surface area contributed by atoms with Crippen LogP contribution in [0.3, 0.4) is 0 Å². The summed E-state index contributed by atoms with van der Waals surface area (Å²) in [7, 11) is 0. The van der Waals surface area contributed by atoms with Gasteiger partial charge in [0.15, 0.2) is 0 Å². The fourth-order valence-corrected chi connectivity index (χ4v) is 1.55. The number of para-hydroxylation sites is 1. The molecule has 0 amide bonds. The number of nitrogens with two attached hydrogens (primary N) is 1. The van der Waals surface area contributed by atoms with E-state index in [0.717, 1.165) is 18.5 Å². The molecule has 14 heavy (non-hydrogen) atoms. The van der Waals surface area contributed by atoms with Crippen LogP contribution in [0, 0.1) is 0 Å². The van der Waals surface area contributed by atoms with E-state index in [9.17, 15) is 0 Å². The number of aromatic nitrogens is 1. The second-order valence-corrected chi connectivity index (χ2v) is 3.39. The van der Waals surface area contributed by atoms with E-state index in [4.69, 9.17) is 5.73 Å². The molecule has 0 aliphatic rings. The van der Waals surface area contributed by atoms with E-state index in [1.165, 1.54) is 11.3 Å². The fraction of sp³-hybridized carbons (Fsp3) is 0.167. The Bertz CT molecular complexity index is 390. The Morgan fingerprint density at radius 1 is 1.00 bits per heavy atom. The zero-order valence-electron chi connectivity index (χ0n) is 8.03. The molecule has 2 heteroatoms. The summed E-state index contributed by atoms with van der Waals surface area (Å²) in [5.41, 5.74) is 9.22. The summed E-state index contributed by atoms with van der Waals surface area (Å²) in [4.78, 5) is 3.19. The lowest BCUT2D eigenvalue weighted by Gasteiger charge is -2.03. The molecule has 2 nitrogen and oxygen atoms in total. The lowest BCUT2D eigenvalue weighted by Crippen LogP contribution is -1.96. The van der Waals surface area contributed by atoms with Crippen LogP contribution in [0.15, 0.2) is 42.6 Å². The first-order valence-electron chi connectivity index (χ1n) is 4.82. The highest BCUT2D eigenvalue weighted by atomic mass is 14.7. The molecule has 0 aliphatic carbocycles. The molecule has 1 heterocycles. The van der Waals surface area contributed by atoms with Gasteiger partial charge >= 0.3 is 0 Å². The number of benzene rings is 1. The first-order valence-corrected chi connectivity index (χ1v) is 4.82. The normalized spacial score (nSPS) is 10.3. The first-order chi connectivity index (χ1) is 6.86. The van der Waals surface area contributed by atoms with E-state index in [1.54, 1.807) is 0 Å². The molecule has 3 N–H and O–H groups in total. The summed E-state index contributed by atoms with van der Waals surface area (Å²) in [5.74, 6) is 0. The average molecular weight is 186 g/mol. The van der Waals surface area contributed by atoms with E-state index in [2.05, 4.69) is 17.1 Å². The zero-order chi connectivity index (χ0) is 9.80. The second kappa shape index (κ2) is 4.01. The van der Waals surface area contributed by atoms with Gasteiger partial charge in [0, 0.05) is 17.6 Å². The Balaban J connectivity index is 2.02. The van der Waals surface area contributed by atoms with Gasteiger partial charge in [-0.3, -0.25) is 0 Å². The Morgan fingerprint density at radius 2 is 1.86 bits per heavy atom. The number of H-pyrrole nitrogens is 1. The number of hydrogen-bond donors (Lipinski definition) is 2. The molecule has 1 aromatic carbocycles. The van der Waals surface area contributed by atoms with Gasteiger partial charge in [0.2, 0.25) is 0 Å². The molecular weight excluding hydrogens is 172 g/mol. The van der Waals surface area contributed by atoms with Crippen LogP contribution in [0.25, 0.3) is 0 Å². The summed E-state index contributed by atoms with van der Waals surface area (Å²) in [6.45, 7) is 0. The summed E-state index contributed by atoms with van der Waals surface area (Å²) in [6.07, 6.45) is 3.96. The maximum Gasteiger partial charge on any atom is 0.0346 e. The topological polar surface area (TPSA) is 41.8 Å². The van der Waals surface area contributed by atoms with Gasteiger partial charge in [0.1, 0.15) is 0 Å². The van der Waals surface area contributed by atoms with Gasteiger partial charge in [0.05, 0.1) is 0 Å². The van der Waals surface area contributed by atoms with Crippen LogP contribution in [0.1, 0.15) is 11.3 Å². The van der Waals surface area contributed by atoms with Crippen molar-refractivity contribution in [2.75, 3.05) is 5.73 Å². The van der Waals surface area contributed by atoms with E-state index in [-0.39, 0.29) is 0 Å². The van der Waals surface area contributed by atoms with E-state index in [1.807, 2.05) is 30.5 Å². The average Bonchev–Trinajstić information content (AvgIpc) is 2.69. The molecule has 0 saturated heterocycles. The minimum Gasteiger partial charge on any atom is -0.399 e. The smallest absolute Gasteiger partial charge is 0.0346 e. The SMILES string of the molecule is Nc1ccccc1CCc1ccc[nH]1. The molecule has 0 saturated carbocycles. The summed E-state index contributed by atoms with van der Waals surface area (Å²) < 4.78 is 0. The van der Waals surface area contributed by atoms with Gasteiger partial charge in [-0.1, -0.05) is 18.2 Å². The molecule has 0 radical (unpaired) electrons. The van der Waals surface area contributed by atoms with Crippen molar-refractivity contribution in [3.63, 3.8) is 0 Å². The van der Waals surface area contributed by atoms with Crippen molar-refractivity contribution < 1.29 is 0 Å². The lowest BCUT2D eigenvalue weighted by molar-refractivity contribution is 0.928. The largest absolute Gasteiger partial charge is 0.399 e.